The highest BCUT2D eigenvalue weighted by molar-refractivity contribution is 7.18. The maximum atomic E-state index is 12.9. The summed E-state index contributed by atoms with van der Waals surface area (Å²) < 4.78 is 1.42. The number of fused-ring (bicyclic) bond motifs is 1. The van der Waals surface area contributed by atoms with E-state index in [1.54, 1.807) is 23.3 Å². The number of hydrogen-bond acceptors (Lipinski definition) is 6. The molecule has 0 spiro atoms. The van der Waals surface area contributed by atoms with Crippen molar-refractivity contribution in [2.45, 2.75) is 19.0 Å². The summed E-state index contributed by atoms with van der Waals surface area (Å²) in [5.74, 6) is -0.0650. The Labute approximate surface area is 164 Å². The molecule has 1 aliphatic heterocycles. The largest absolute Gasteiger partial charge is 0.340 e. The van der Waals surface area contributed by atoms with Crippen molar-refractivity contribution in [2.75, 3.05) is 20.1 Å². The van der Waals surface area contributed by atoms with Gasteiger partial charge in [0, 0.05) is 35.5 Å². The number of carbonyl (C=O) groups excluding carboxylic acids is 1. The zero-order chi connectivity index (χ0) is 17.4. The molecule has 1 fully saturated rings. The topological polar surface area (TPSA) is 67.2 Å². The van der Waals surface area contributed by atoms with E-state index in [1.807, 2.05) is 22.9 Å². The Kier molecular flexibility index (Phi) is 5.76. The maximum absolute atomic E-state index is 12.9. The van der Waals surface area contributed by atoms with Gasteiger partial charge >= 0.3 is 0 Å². The van der Waals surface area contributed by atoms with Crippen LogP contribution >= 0.6 is 35.1 Å². The molecule has 138 valence electrons. The summed E-state index contributed by atoms with van der Waals surface area (Å²) in [6.07, 6.45) is 2.43. The zero-order valence-corrected chi connectivity index (χ0v) is 16.6. The number of amides is 1. The molecule has 1 atom stereocenters. The molecule has 9 heteroatoms. The second kappa shape index (κ2) is 7.87. The van der Waals surface area contributed by atoms with Crippen molar-refractivity contribution in [3.8, 4) is 10.4 Å². The monoisotopic (exact) mass is 410 g/mol. The summed E-state index contributed by atoms with van der Waals surface area (Å²) >= 11 is 3.05. The van der Waals surface area contributed by atoms with Crippen molar-refractivity contribution < 1.29 is 4.79 Å². The molecular weight excluding hydrogens is 392 g/mol. The Morgan fingerprint density at radius 1 is 1.46 bits per heavy atom. The van der Waals surface area contributed by atoms with Crippen LogP contribution in [0.2, 0.25) is 0 Å². The fourth-order valence-corrected chi connectivity index (χ4v) is 4.85. The number of aromatic nitrogens is 2. The number of carbonyl (C=O) groups is 1. The molecule has 0 bridgehead atoms. The Hall–Kier alpha value is -1.74. The first-order valence-electron chi connectivity index (χ1n) is 8.12. The third-order valence-corrected chi connectivity index (χ3v) is 6.42. The van der Waals surface area contributed by atoms with Gasteiger partial charge in [0.15, 0.2) is 0 Å². The van der Waals surface area contributed by atoms with Gasteiger partial charge < -0.3 is 10.2 Å². The number of nitrogens with zero attached hydrogens (tertiary/aromatic N) is 3. The first-order valence-corrected chi connectivity index (χ1v) is 9.88. The predicted octanol–water partition coefficient (Wildman–Crippen LogP) is 2.43. The van der Waals surface area contributed by atoms with Gasteiger partial charge in [0.2, 0.25) is 5.91 Å². The van der Waals surface area contributed by atoms with Gasteiger partial charge in [0.25, 0.3) is 5.56 Å². The highest BCUT2D eigenvalue weighted by Crippen LogP contribution is 2.33. The molecule has 1 aliphatic rings. The van der Waals surface area contributed by atoms with Gasteiger partial charge in [0.05, 0.1) is 11.7 Å². The number of hydrogen-bond donors (Lipinski definition) is 1. The van der Waals surface area contributed by atoms with Gasteiger partial charge in [-0.1, -0.05) is 6.07 Å². The van der Waals surface area contributed by atoms with E-state index in [9.17, 15) is 9.59 Å². The van der Waals surface area contributed by atoms with Gasteiger partial charge in [-0.15, -0.1) is 35.1 Å². The minimum Gasteiger partial charge on any atom is -0.340 e. The van der Waals surface area contributed by atoms with E-state index in [0.717, 1.165) is 30.0 Å². The van der Waals surface area contributed by atoms with E-state index in [2.05, 4.69) is 10.3 Å². The van der Waals surface area contributed by atoms with Crippen molar-refractivity contribution in [2.24, 2.45) is 0 Å². The number of likely N-dealkylation sites (N-methyl/N-ethyl adjacent to an activating group) is 1. The third-order valence-electron chi connectivity index (χ3n) is 4.63. The summed E-state index contributed by atoms with van der Waals surface area (Å²) in [5, 5.41) is 7.81. The normalized spacial score (nSPS) is 16.6. The lowest BCUT2D eigenvalue weighted by Crippen LogP contribution is -2.41. The van der Waals surface area contributed by atoms with Crippen LogP contribution in [0, 0.1) is 0 Å². The van der Waals surface area contributed by atoms with E-state index in [1.165, 1.54) is 22.2 Å². The van der Waals surface area contributed by atoms with Crippen molar-refractivity contribution in [1.29, 1.82) is 0 Å². The Bertz CT molecular complexity index is 961. The van der Waals surface area contributed by atoms with Crippen LogP contribution in [0.3, 0.4) is 0 Å². The van der Waals surface area contributed by atoms with Crippen LogP contribution in [-0.2, 0) is 11.3 Å². The first-order chi connectivity index (χ1) is 12.1. The van der Waals surface area contributed by atoms with Crippen LogP contribution in [0.25, 0.3) is 20.7 Å². The second-order valence-corrected chi connectivity index (χ2v) is 7.94. The van der Waals surface area contributed by atoms with Crippen molar-refractivity contribution in [3.63, 3.8) is 0 Å². The van der Waals surface area contributed by atoms with Gasteiger partial charge in [-0.2, -0.15) is 0 Å². The van der Waals surface area contributed by atoms with Crippen molar-refractivity contribution in [1.82, 2.24) is 19.8 Å². The predicted molar refractivity (Wildman–Crippen MR) is 108 cm³/mol. The standard InChI is InChI=1S/C17H18N4O2S2.ClH/c1-20(11-4-5-18-7-11)14(22)8-21-10-19-16-15(17(21)23)12(9-25-16)13-3-2-6-24-13;/h2-3,6,9-11,18H,4-5,7-8H2,1H3;1H. The SMILES string of the molecule is CN(C(=O)Cn1cnc2scc(-c3cccs3)c2c1=O)C1CCNC1.Cl. The minimum atomic E-state index is -0.152. The molecular formula is C17H19ClN4O2S2. The Balaban J connectivity index is 0.00000196. The van der Waals surface area contributed by atoms with Crippen LogP contribution in [-0.4, -0.2) is 46.5 Å². The molecule has 0 radical (unpaired) electrons. The Morgan fingerprint density at radius 3 is 3.00 bits per heavy atom. The third kappa shape index (κ3) is 3.42. The second-order valence-electron chi connectivity index (χ2n) is 6.14. The van der Waals surface area contributed by atoms with Gasteiger partial charge in [-0.05, 0) is 24.4 Å². The van der Waals surface area contributed by atoms with E-state index < -0.39 is 0 Å². The summed E-state index contributed by atoms with van der Waals surface area (Å²) in [6.45, 7) is 1.75. The lowest BCUT2D eigenvalue weighted by molar-refractivity contribution is -0.132. The number of nitrogens with one attached hydrogen (secondary N) is 1. The molecule has 0 saturated carbocycles. The summed E-state index contributed by atoms with van der Waals surface area (Å²) in [5.41, 5.74) is 0.753. The maximum Gasteiger partial charge on any atom is 0.263 e. The van der Waals surface area contributed by atoms with Gasteiger partial charge in [-0.25, -0.2) is 4.98 Å². The molecule has 0 aliphatic carbocycles. The zero-order valence-electron chi connectivity index (χ0n) is 14.2. The molecule has 1 N–H and O–H groups in total. The number of rotatable bonds is 4. The summed E-state index contributed by atoms with van der Waals surface area (Å²) in [6, 6.07) is 4.16. The minimum absolute atomic E-state index is 0. The molecule has 1 saturated heterocycles. The van der Waals surface area contributed by atoms with Crippen molar-refractivity contribution >= 4 is 51.2 Å². The fourth-order valence-electron chi connectivity index (χ4n) is 3.12. The average Bonchev–Trinajstić information content (AvgIpc) is 3.37. The van der Waals surface area contributed by atoms with Crippen LogP contribution in [0.5, 0.6) is 0 Å². The first kappa shape index (κ1) is 19.0. The van der Waals surface area contributed by atoms with E-state index >= 15 is 0 Å². The summed E-state index contributed by atoms with van der Waals surface area (Å²) in [4.78, 5) is 33.4. The molecule has 3 aromatic rings. The van der Waals surface area contributed by atoms with Crippen LogP contribution in [0.15, 0.2) is 34.0 Å². The lowest BCUT2D eigenvalue weighted by Gasteiger charge is -2.24. The lowest BCUT2D eigenvalue weighted by atomic mass is 10.2. The van der Waals surface area contributed by atoms with E-state index in [0.29, 0.717) is 10.2 Å². The van der Waals surface area contributed by atoms with Crippen LogP contribution in [0.1, 0.15) is 6.42 Å². The molecule has 1 amide bonds. The molecule has 4 heterocycles. The number of thiophene rings is 2. The number of halogens is 1. The highest BCUT2D eigenvalue weighted by atomic mass is 35.5. The fraction of sp³-hybridized carbons (Fsp3) is 0.353. The smallest absolute Gasteiger partial charge is 0.263 e. The van der Waals surface area contributed by atoms with Gasteiger partial charge in [0.1, 0.15) is 11.4 Å². The molecule has 26 heavy (non-hydrogen) atoms. The van der Waals surface area contributed by atoms with E-state index in [-0.39, 0.29) is 36.5 Å². The quantitative estimate of drug-likeness (QED) is 0.717. The van der Waals surface area contributed by atoms with Crippen molar-refractivity contribution in [3.05, 3.63) is 39.6 Å². The molecule has 0 aromatic carbocycles. The molecule has 1 unspecified atom stereocenters. The van der Waals surface area contributed by atoms with Crippen LogP contribution in [0.4, 0.5) is 0 Å². The highest BCUT2D eigenvalue weighted by Gasteiger charge is 2.24. The Morgan fingerprint density at radius 2 is 2.31 bits per heavy atom. The average molecular weight is 411 g/mol. The van der Waals surface area contributed by atoms with Gasteiger partial charge in [-0.3, -0.25) is 14.2 Å². The summed E-state index contributed by atoms with van der Waals surface area (Å²) in [7, 11) is 1.80. The molecule has 4 rings (SSSR count). The van der Waals surface area contributed by atoms with E-state index in [4.69, 9.17) is 0 Å². The molecule has 3 aromatic heterocycles. The molecule has 6 nitrogen and oxygen atoms in total. The van der Waals surface area contributed by atoms with Crippen LogP contribution < -0.4 is 10.9 Å².